The minimum absolute atomic E-state index is 0.0297. The molecule has 3 aliphatic rings. The van der Waals surface area contributed by atoms with Gasteiger partial charge in [0.1, 0.15) is 11.9 Å². The molecule has 34 heavy (non-hydrogen) atoms. The van der Waals surface area contributed by atoms with Crippen molar-refractivity contribution in [3.05, 3.63) is 29.3 Å². The number of unbranched alkanes of at least 4 members (excludes halogenated alkanes) is 7. The van der Waals surface area contributed by atoms with Gasteiger partial charge in [0.2, 0.25) is 0 Å². The van der Waals surface area contributed by atoms with Crippen LogP contribution in [0, 0.1) is 23.2 Å². The molecule has 0 aromatic heterocycles. The molecule has 1 aromatic rings. The zero-order chi connectivity index (χ0) is 24.1. The van der Waals surface area contributed by atoms with E-state index in [1.807, 2.05) is 12.1 Å². The van der Waals surface area contributed by atoms with Crippen molar-refractivity contribution in [2.45, 2.75) is 116 Å². The monoisotopic (exact) mass is 470 g/mol. The van der Waals surface area contributed by atoms with E-state index in [2.05, 4.69) is 26.8 Å². The molecule has 1 aromatic carbocycles. The summed E-state index contributed by atoms with van der Waals surface area (Å²) in [5.74, 6) is 2.72. The molecule has 0 bridgehead atoms. The predicted molar refractivity (Wildman–Crippen MR) is 136 cm³/mol. The summed E-state index contributed by atoms with van der Waals surface area (Å²) >= 11 is 0. The maximum Gasteiger partial charge on any atom is 0.508 e. The number of carbonyl (C=O) groups is 1. The molecule has 3 aliphatic carbocycles. The lowest BCUT2D eigenvalue weighted by Crippen LogP contribution is -2.47. The number of hydrogen-bond donors (Lipinski definition) is 1. The third kappa shape index (κ3) is 5.41. The highest BCUT2D eigenvalue weighted by atomic mass is 16.7. The van der Waals surface area contributed by atoms with Gasteiger partial charge in [-0.05, 0) is 85.5 Å². The fraction of sp³-hybridized carbons (Fsp3) is 0.767. The Kier molecular flexibility index (Phi) is 8.47. The third-order valence-electron chi connectivity index (χ3n) is 9.43. The number of ether oxygens (including phenoxy) is 2. The molecule has 190 valence electrons. The second kappa shape index (κ2) is 11.4. The van der Waals surface area contributed by atoms with Crippen molar-refractivity contribution in [1.82, 2.24) is 0 Å². The number of rotatable bonds is 10. The second-order valence-electron chi connectivity index (χ2n) is 11.7. The summed E-state index contributed by atoms with van der Waals surface area (Å²) in [6, 6.07) is 5.98. The molecule has 3 unspecified atom stereocenters. The predicted octanol–water partition coefficient (Wildman–Crippen LogP) is 8.16. The van der Waals surface area contributed by atoms with Gasteiger partial charge in [0, 0.05) is 5.41 Å². The van der Waals surface area contributed by atoms with Crippen molar-refractivity contribution in [2.24, 2.45) is 23.2 Å². The molecule has 0 heterocycles. The molecule has 0 aliphatic heterocycles. The number of carbonyl (C=O) groups excluding carboxylic acids is 1. The lowest BCUT2D eigenvalue weighted by atomic mass is 9.53. The van der Waals surface area contributed by atoms with Crippen LogP contribution in [0.5, 0.6) is 5.75 Å². The van der Waals surface area contributed by atoms with Crippen LogP contribution in [0.15, 0.2) is 18.2 Å². The van der Waals surface area contributed by atoms with Gasteiger partial charge < -0.3 is 14.6 Å². The average Bonchev–Trinajstić information content (AvgIpc) is 3.13. The topological polar surface area (TPSA) is 55.8 Å². The highest BCUT2D eigenvalue weighted by Gasteiger charge is 2.57. The highest BCUT2D eigenvalue weighted by Crippen LogP contribution is 2.62. The minimum Gasteiger partial charge on any atom is -0.508 e. The molecule has 4 heteroatoms. The van der Waals surface area contributed by atoms with Crippen LogP contribution in [0.3, 0.4) is 0 Å². The lowest BCUT2D eigenvalue weighted by molar-refractivity contribution is -0.0618. The smallest absolute Gasteiger partial charge is 0.508 e. The van der Waals surface area contributed by atoms with Gasteiger partial charge >= 0.3 is 6.16 Å². The van der Waals surface area contributed by atoms with Gasteiger partial charge in [-0.3, -0.25) is 0 Å². The quantitative estimate of drug-likeness (QED) is 0.277. The average molecular weight is 471 g/mol. The van der Waals surface area contributed by atoms with Crippen molar-refractivity contribution in [2.75, 3.05) is 6.61 Å². The van der Waals surface area contributed by atoms with Crippen molar-refractivity contribution < 1.29 is 19.4 Å². The summed E-state index contributed by atoms with van der Waals surface area (Å²) < 4.78 is 11.4. The lowest BCUT2D eigenvalue weighted by Gasteiger charge is -2.52. The summed E-state index contributed by atoms with van der Waals surface area (Å²) in [4.78, 5) is 12.5. The highest BCUT2D eigenvalue weighted by molar-refractivity contribution is 5.60. The Labute approximate surface area is 206 Å². The third-order valence-corrected chi connectivity index (χ3v) is 9.43. The first-order chi connectivity index (χ1) is 16.4. The Morgan fingerprint density at radius 2 is 1.79 bits per heavy atom. The van der Waals surface area contributed by atoms with E-state index in [0.29, 0.717) is 36.0 Å². The minimum atomic E-state index is -0.463. The van der Waals surface area contributed by atoms with Crippen molar-refractivity contribution >= 4 is 6.16 Å². The van der Waals surface area contributed by atoms with Gasteiger partial charge in [0.25, 0.3) is 0 Å². The zero-order valence-corrected chi connectivity index (χ0v) is 21.7. The number of aromatic hydroxyl groups is 1. The van der Waals surface area contributed by atoms with Crippen LogP contribution in [-0.2, 0) is 15.9 Å². The summed E-state index contributed by atoms with van der Waals surface area (Å²) in [5, 5.41) is 9.96. The van der Waals surface area contributed by atoms with E-state index in [-0.39, 0.29) is 11.5 Å². The van der Waals surface area contributed by atoms with E-state index in [9.17, 15) is 9.90 Å². The number of hydrogen-bond acceptors (Lipinski definition) is 4. The number of phenolic OH excluding ortho intramolecular Hbond substituents is 1. The summed E-state index contributed by atoms with van der Waals surface area (Å²) in [7, 11) is 0. The van der Waals surface area contributed by atoms with Crippen LogP contribution in [-0.4, -0.2) is 24.0 Å². The van der Waals surface area contributed by atoms with Gasteiger partial charge in [0.05, 0.1) is 6.61 Å². The Hall–Kier alpha value is -1.71. The molecule has 0 radical (unpaired) electrons. The molecular weight excluding hydrogens is 424 g/mol. The first-order valence-corrected chi connectivity index (χ1v) is 14.1. The Morgan fingerprint density at radius 1 is 1.06 bits per heavy atom. The first kappa shape index (κ1) is 25.4. The molecular formula is C30H46O4. The van der Waals surface area contributed by atoms with E-state index in [1.165, 1.54) is 49.7 Å². The van der Waals surface area contributed by atoms with Crippen LogP contribution in [0.1, 0.15) is 115 Å². The van der Waals surface area contributed by atoms with Gasteiger partial charge in [-0.1, -0.05) is 71.8 Å². The van der Waals surface area contributed by atoms with E-state index >= 15 is 0 Å². The van der Waals surface area contributed by atoms with E-state index < -0.39 is 6.16 Å². The molecule has 4 nitrogen and oxygen atoms in total. The molecule has 4 rings (SSSR count). The Bertz CT molecular complexity index is 820. The number of fused-ring (bicyclic) bond motifs is 5. The second-order valence-corrected chi connectivity index (χ2v) is 11.7. The number of benzene rings is 1. The fourth-order valence-electron chi connectivity index (χ4n) is 7.65. The molecule has 0 saturated heterocycles. The van der Waals surface area contributed by atoms with Crippen LogP contribution >= 0.6 is 0 Å². The van der Waals surface area contributed by atoms with Crippen LogP contribution < -0.4 is 0 Å². The maximum atomic E-state index is 12.5. The van der Waals surface area contributed by atoms with Gasteiger partial charge in [0.15, 0.2) is 0 Å². The van der Waals surface area contributed by atoms with Crippen LogP contribution in [0.25, 0.3) is 0 Å². The molecule has 2 fully saturated rings. The molecule has 0 amide bonds. The van der Waals surface area contributed by atoms with Gasteiger partial charge in [-0.2, -0.15) is 0 Å². The first-order valence-electron chi connectivity index (χ1n) is 14.1. The largest absolute Gasteiger partial charge is 0.508 e. The van der Waals surface area contributed by atoms with Crippen molar-refractivity contribution in [3.63, 3.8) is 0 Å². The van der Waals surface area contributed by atoms with E-state index in [0.717, 1.165) is 44.9 Å². The van der Waals surface area contributed by atoms with Crippen molar-refractivity contribution in [1.29, 1.82) is 0 Å². The van der Waals surface area contributed by atoms with Crippen LogP contribution in [0.4, 0.5) is 4.79 Å². The zero-order valence-electron chi connectivity index (χ0n) is 21.7. The Balaban J connectivity index is 1.26. The molecule has 1 N–H and O–H groups in total. The van der Waals surface area contributed by atoms with Gasteiger partial charge in [-0.25, -0.2) is 4.79 Å². The molecule has 2 saturated carbocycles. The van der Waals surface area contributed by atoms with Gasteiger partial charge in [-0.15, -0.1) is 0 Å². The Morgan fingerprint density at radius 3 is 2.56 bits per heavy atom. The van der Waals surface area contributed by atoms with Crippen LogP contribution in [0.2, 0.25) is 0 Å². The van der Waals surface area contributed by atoms with E-state index in [4.69, 9.17) is 9.47 Å². The van der Waals surface area contributed by atoms with Crippen molar-refractivity contribution in [3.8, 4) is 5.75 Å². The van der Waals surface area contributed by atoms with E-state index in [1.54, 1.807) is 0 Å². The summed E-state index contributed by atoms with van der Waals surface area (Å²) in [5.41, 5.74) is 2.81. The number of phenols is 1. The molecule has 6 atom stereocenters. The SMILES string of the molecule is CCCCCCCCCCOC(=O)O[C@H]1CCC2C3C(CC[C@@]21C)c1ccc(O)cc1C[C@H]3C. The standard InChI is InChI=1S/C30H46O4/c1-4-5-6-7-8-9-10-11-18-33-29(32)34-27-15-14-26-28-21(2)19-22-20-23(31)12-13-24(22)25(28)16-17-30(26,27)3/h12-13,20-21,25-28,31H,4-11,14-19H2,1-3H3/t21-,25?,26?,27+,28?,30+/m1/s1. The summed E-state index contributed by atoms with van der Waals surface area (Å²) in [6.45, 7) is 7.46. The maximum absolute atomic E-state index is 12.5. The summed E-state index contributed by atoms with van der Waals surface area (Å²) in [6.07, 6.45) is 14.7. The normalized spacial score (nSPS) is 31.9. The fourth-order valence-corrected chi connectivity index (χ4v) is 7.65. The molecule has 0 spiro atoms.